The number of methoxy groups -OCH3 is 1. The fourth-order valence-electron chi connectivity index (χ4n) is 3.91. The Bertz CT molecular complexity index is 1270. The van der Waals surface area contributed by atoms with Crippen molar-refractivity contribution in [1.82, 2.24) is 14.6 Å². The van der Waals surface area contributed by atoms with Crippen LogP contribution in [0.2, 0.25) is 0 Å². The summed E-state index contributed by atoms with van der Waals surface area (Å²) in [4.78, 5) is 20.9. The number of ether oxygens (including phenoxy) is 2. The van der Waals surface area contributed by atoms with Crippen LogP contribution >= 0.6 is 0 Å². The Morgan fingerprint density at radius 3 is 2.70 bits per heavy atom. The average molecular weight is 447 g/mol. The number of fused-ring (bicyclic) bond motifs is 1. The molecule has 0 atom stereocenters. The van der Waals surface area contributed by atoms with Gasteiger partial charge in [-0.1, -0.05) is 6.07 Å². The molecule has 0 bridgehead atoms. The predicted molar refractivity (Wildman–Crippen MR) is 122 cm³/mol. The molecule has 0 unspecified atom stereocenters. The van der Waals surface area contributed by atoms with Crippen LogP contribution in [-0.4, -0.2) is 53.1 Å². The molecule has 0 spiro atoms. The summed E-state index contributed by atoms with van der Waals surface area (Å²) in [5, 5.41) is 3.69. The second-order valence-electron chi connectivity index (χ2n) is 7.70. The maximum Gasteiger partial charge on any atom is 0.269 e. The van der Waals surface area contributed by atoms with Crippen LogP contribution in [0.1, 0.15) is 11.3 Å². The number of morpholine rings is 1. The molecule has 168 valence electrons. The van der Waals surface area contributed by atoms with Crippen molar-refractivity contribution < 1.29 is 18.7 Å². The van der Waals surface area contributed by atoms with Gasteiger partial charge in [0, 0.05) is 6.20 Å². The summed E-state index contributed by atoms with van der Waals surface area (Å²) in [6.45, 7) is 2.94. The Balaban J connectivity index is 1.48. The Labute approximate surface area is 190 Å². The zero-order chi connectivity index (χ0) is 22.9. The van der Waals surface area contributed by atoms with Crippen LogP contribution in [0.15, 0.2) is 65.7 Å². The second kappa shape index (κ2) is 8.42. The van der Waals surface area contributed by atoms with Gasteiger partial charge in [0.15, 0.2) is 11.6 Å². The Morgan fingerprint density at radius 2 is 1.97 bits per heavy atom. The van der Waals surface area contributed by atoms with Gasteiger partial charge in [-0.2, -0.15) is 4.99 Å². The van der Waals surface area contributed by atoms with E-state index in [2.05, 4.69) is 9.98 Å². The van der Waals surface area contributed by atoms with Crippen molar-refractivity contribution >= 4 is 23.5 Å². The number of rotatable bonds is 4. The second-order valence-corrected chi connectivity index (χ2v) is 7.70. The van der Waals surface area contributed by atoms with Crippen molar-refractivity contribution in [3.8, 4) is 11.4 Å². The number of amidine groups is 1. The molecule has 0 aliphatic carbocycles. The molecule has 9 heteroatoms. The number of carbonyl (C=O) groups excluding carboxylic acids is 1. The zero-order valence-corrected chi connectivity index (χ0v) is 18.2. The zero-order valence-electron chi connectivity index (χ0n) is 18.2. The van der Waals surface area contributed by atoms with E-state index in [1.807, 2.05) is 47.0 Å². The number of imidazole rings is 1. The van der Waals surface area contributed by atoms with E-state index >= 15 is 0 Å². The summed E-state index contributed by atoms with van der Waals surface area (Å²) >= 11 is 0. The van der Waals surface area contributed by atoms with Crippen LogP contribution in [0.3, 0.4) is 0 Å². The number of aliphatic imine (C=N–C) groups is 1. The SMILES string of the molecule is COc1cc(/C=C2\OCCN3C2=NC(=O)CN3c2ccc(F)cc2)ccc1-n1cnc(C)c1. The first-order chi connectivity index (χ1) is 16.0. The molecular weight excluding hydrogens is 425 g/mol. The van der Waals surface area contributed by atoms with Gasteiger partial charge in [-0.3, -0.25) is 14.8 Å². The predicted octanol–water partition coefficient (Wildman–Crippen LogP) is 3.36. The normalized spacial score (nSPS) is 17.0. The van der Waals surface area contributed by atoms with E-state index in [4.69, 9.17) is 9.47 Å². The number of halogens is 1. The van der Waals surface area contributed by atoms with Gasteiger partial charge in [-0.15, -0.1) is 0 Å². The highest BCUT2D eigenvalue weighted by molar-refractivity contribution is 6.09. The van der Waals surface area contributed by atoms with E-state index in [9.17, 15) is 9.18 Å². The van der Waals surface area contributed by atoms with Crippen molar-refractivity contribution in [2.45, 2.75) is 6.92 Å². The first-order valence-electron chi connectivity index (χ1n) is 10.5. The number of benzene rings is 2. The van der Waals surface area contributed by atoms with Gasteiger partial charge in [-0.25, -0.2) is 9.37 Å². The first kappa shape index (κ1) is 20.7. The van der Waals surface area contributed by atoms with E-state index in [0.29, 0.717) is 36.2 Å². The van der Waals surface area contributed by atoms with Crippen LogP contribution in [0, 0.1) is 12.7 Å². The van der Waals surface area contributed by atoms with Crippen molar-refractivity contribution in [2.75, 3.05) is 31.8 Å². The lowest BCUT2D eigenvalue weighted by molar-refractivity contribution is -0.117. The highest BCUT2D eigenvalue weighted by Crippen LogP contribution is 2.29. The third-order valence-corrected chi connectivity index (χ3v) is 5.45. The number of hydrazine groups is 1. The molecule has 5 rings (SSSR count). The molecule has 1 aromatic heterocycles. The van der Waals surface area contributed by atoms with Crippen LogP contribution in [0.4, 0.5) is 10.1 Å². The van der Waals surface area contributed by atoms with Gasteiger partial charge < -0.3 is 14.0 Å². The van der Waals surface area contributed by atoms with Gasteiger partial charge in [0.05, 0.1) is 37.1 Å². The van der Waals surface area contributed by atoms with Crippen LogP contribution in [0.5, 0.6) is 5.75 Å². The van der Waals surface area contributed by atoms with Crippen LogP contribution < -0.4 is 9.75 Å². The number of hydrogen-bond donors (Lipinski definition) is 0. The molecule has 3 heterocycles. The molecule has 8 nitrogen and oxygen atoms in total. The van der Waals surface area contributed by atoms with Crippen molar-refractivity contribution in [3.05, 3.63) is 77.8 Å². The Kier molecular flexibility index (Phi) is 5.29. The monoisotopic (exact) mass is 447 g/mol. The fourth-order valence-corrected chi connectivity index (χ4v) is 3.91. The molecule has 0 saturated carbocycles. The molecule has 0 N–H and O–H groups in total. The minimum atomic E-state index is -0.332. The smallest absolute Gasteiger partial charge is 0.269 e. The molecule has 1 fully saturated rings. The van der Waals surface area contributed by atoms with Crippen molar-refractivity contribution in [3.63, 3.8) is 0 Å². The molecule has 3 aromatic rings. The number of nitrogens with zero attached hydrogens (tertiary/aromatic N) is 5. The standard InChI is InChI=1S/C24H22FN5O3/c1-16-13-28(15-26-16)20-8-3-17(11-21(20)32-2)12-22-24-27-23(31)14-30(29(24)9-10-33-22)19-6-4-18(25)5-7-19/h3-8,11-13,15H,9-10,14H2,1-2H3/b22-12-. The highest BCUT2D eigenvalue weighted by Gasteiger charge is 2.33. The summed E-state index contributed by atoms with van der Waals surface area (Å²) < 4.78 is 26.8. The lowest BCUT2D eigenvalue weighted by atomic mass is 10.1. The average Bonchev–Trinajstić information content (AvgIpc) is 3.25. The number of anilines is 1. The molecule has 2 aliphatic rings. The maximum absolute atomic E-state index is 13.4. The van der Waals surface area contributed by atoms with E-state index in [1.165, 1.54) is 12.1 Å². The van der Waals surface area contributed by atoms with Gasteiger partial charge >= 0.3 is 0 Å². The molecule has 33 heavy (non-hydrogen) atoms. The number of aromatic nitrogens is 2. The molecule has 0 radical (unpaired) electrons. The van der Waals surface area contributed by atoms with E-state index in [1.54, 1.807) is 30.6 Å². The summed E-state index contributed by atoms with van der Waals surface area (Å²) in [5.74, 6) is 0.945. The molecule has 1 saturated heterocycles. The summed E-state index contributed by atoms with van der Waals surface area (Å²) in [6, 6.07) is 11.8. The summed E-state index contributed by atoms with van der Waals surface area (Å²) in [7, 11) is 1.61. The molecule has 1 amide bonds. The number of carbonyl (C=O) groups is 1. The van der Waals surface area contributed by atoms with Gasteiger partial charge in [-0.05, 0) is 55.0 Å². The highest BCUT2D eigenvalue weighted by atomic mass is 19.1. The van der Waals surface area contributed by atoms with Crippen LogP contribution in [0.25, 0.3) is 11.8 Å². The van der Waals surface area contributed by atoms with Crippen molar-refractivity contribution in [1.29, 1.82) is 0 Å². The Morgan fingerprint density at radius 1 is 1.15 bits per heavy atom. The van der Waals surface area contributed by atoms with Gasteiger partial charge in [0.25, 0.3) is 5.91 Å². The van der Waals surface area contributed by atoms with Gasteiger partial charge in [0.2, 0.25) is 0 Å². The van der Waals surface area contributed by atoms with E-state index in [0.717, 1.165) is 16.9 Å². The maximum atomic E-state index is 13.4. The van der Waals surface area contributed by atoms with Crippen LogP contribution in [-0.2, 0) is 9.53 Å². The van der Waals surface area contributed by atoms with Gasteiger partial charge in [0.1, 0.15) is 24.7 Å². The first-order valence-corrected chi connectivity index (χ1v) is 10.5. The lowest BCUT2D eigenvalue weighted by Crippen LogP contribution is -2.56. The number of amides is 1. The molecule has 2 aliphatic heterocycles. The van der Waals surface area contributed by atoms with Crippen molar-refractivity contribution in [2.24, 2.45) is 4.99 Å². The number of aryl methyl sites for hydroxylation is 1. The van der Waals surface area contributed by atoms with E-state index in [-0.39, 0.29) is 18.3 Å². The largest absolute Gasteiger partial charge is 0.495 e. The van der Waals surface area contributed by atoms with E-state index < -0.39 is 0 Å². The number of hydrogen-bond acceptors (Lipinski definition) is 6. The quantitative estimate of drug-likeness (QED) is 0.611. The molecule has 2 aromatic carbocycles. The molecular formula is C24H22FN5O3. The summed E-state index contributed by atoms with van der Waals surface area (Å²) in [5.41, 5.74) is 3.31. The lowest BCUT2D eigenvalue weighted by Gasteiger charge is -2.43. The fraction of sp³-hybridized carbons (Fsp3) is 0.208. The Hall–Kier alpha value is -4.14. The minimum absolute atomic E-state index is 0.0786. The summed E-state index contributed by atoms with van der Waals surface area (Å²) in [6.07, 6.45) is 5.49. The topological polar surface area (TPSA) is 72.2 Å². The third kappa shape index (κ3) is 4.05. The third-order valence-electron chi connectivity index (χ3n) is 5.45. The minimum Gasteiger partial charge on any atom is -0.495 e.